The molecule has 0 aliphatic rings. The van der Waals surface area contributed by atoms with E-state index in [1.807, 2.05) is 0 Å². The first-order valence-corrected chi connectivity index (χ1v) is 6.96. The smallest absolute Gasteiger partial charge is 0.121 e. The van der Waals surface area contributed by atoms with Gasteiger partial charge < -0.3 is 0 Å². The molecule has 7 heavy (non-hydrogen) atoms. The van der Waals surface area contributed by atoms with E-state index in [0.717, 1.165) is 0 Å². The van der Waals surface area contributed by atoms with Gasteiger partial charge in [-0.05, 0) is 11.2 Å². The molecule has 0 N–H and O–H groups in total. The Morgan fingerprint density at radius 2 is 1.57 bits per heavy atom. The maximum Gasteiger partial charge on any atom is 0.366 e. The maximum absolute atomic E-state index is 5.33. The zero-order chi connectivity index (χ0) is 5.91. The molecule has 0 heterocycles. The summed E-state index contributed by atoms with van der Waals surface area (Å²) >= 11 is 21.1. The van der Waals surface area contributed by atoms with E-state index >= 15 is 0 Å². The molecule has 42 valence electrons. The average Bonchev–Trinajstić information content (AvgIpc) is 1.30. The van der Waals surface area contributed by atoms with Gasteiger partial charge >= 0.3 is 6.00 Å². The number of hydrogen-bond donors (Lipinski definition) is 0. The van der Waals surface area contributed by atoms with Gasteiger partial charge in [0.15, 0.2) is 0 Å². The molecule has 0 radical (unpaired) electrons. The summed E-state index contributed by atoms with van der Waals surface area (Å²) in [5, 5.41) is 0. The lowest BCUT2D eigenvalue weighted by molar-refractivity contribution is 2.45. The summed E-state index contributed by atoms with van der Waals surface area (Å²) in [6.07, 6.45) is 0. The molecular weight excluding hydrogens is 194 g/mol. The zero-order valence-electron chi connectivity index (χ0n) is 3.17. The molecular formula is C2H2Cl4Si. The van der Waals surface area contributed by atoms with Gasteiger partial charge in [-0.2, -0.15) is 0 Å². The quantitative estimate of drug-likeness (QED) is 0.446. The predicted molar refractivity (Wildman–Crippen MR) is 38.3 cm³/mol. The first kappa shape index (κ1) is 8.12. The summed E-state index contributed by atoms with van der Waals surface area (Å²) in [6, 6.07) is -2.55. The molecule has 0 amide bonds. The van der Waals surface area contributed by atoms with E-state index in [2.05, 4.69) is 0 Å². The lowest BCUT2D eigenvalue weighted by atomic mass is 11.3. The van der Waals surface area contributed by atoms with Crippen molar-refractivity contribution in [3.63, 3.8) is 0 Å². The lowest BCUT2D eigenvalue weighted by Crippen LogP contribution is -2.02. The summed E-state index contributed by atoms with van der Waals surface area (Å²) in [4.78, 5) is 0. The fourth-order valence-corrected chi connectivity index (χ4v) is 1.93. The average molecular weight is 196 g/mol. The molecule has 0 fully saturated rings. The molecule has 0 unspecified atom stereocenters. The van der Waals surface area contributed by atoms with E-state index < -0.39 is 6.00 Å². The largest absolute Gasteiger partial charge is 0.366 e. The molecule has 0 aromatic heterocycles. The van der Waals surface area contributed by atoms with Crippen LogP contribution in [0.2, 0.25) is 0 Å². The standard InChI is InChI=1S/C2H2Cl4Si/c3-1-2-7(4,5)6/h1-2H. The van der Waals surface area contributed by atoms with Crippen LogP contribution in [-0.2, 0) is 0 Å². The van der Waals surface area contributed by atoms with Crippen LogP contribution in [-0.4, -0.2) is 6.00 Å². The minimum atomic E-state index is -2.55. The minimum absolute atomic E-state index is 1.22. The maximum atomic E-state index is 5.33. The zero-order valence-corrected chi connectivity index (χ0v) is 7.19. The van der Waals surface area contributed by atoms with Crippen LogP contribution in [0, 0.1) is 0 Å². The third-order valence-electron chi connectivity index (χ3n) is 0.252. The molecule has 0 rings (SSSR count). The minimum Gasteiger partial charge on any atom is -0.121 e. The van der Waals surface area contributed by atoms with Crippen molar-refractivity contribution < 1.29 is 0 Å². The van der Waals surface area contributed by atoms with Crippen LogP contribution < -0.4 is 0 Å². The van der Waals surface area contributed by atoms with Crippen molar-refractivity contribution in [2.75, 3.05) is 0 Å². The van der Waals surface area contributed by atoms with E-state index in [1.54, 1.807) is 0 Å². The molecule has 0 aromatic rings. The Morgan fingerprint density at radius 1 is 1.14 bits per heavy atom. The molecule has 0 aromatic carbocycles. The van der Waals surface area contributed by atoms with Crippen LogP contribution in [0.3, 0.4) is 0 Å². The normalized spacial score (nSPS) is 13.1. The van der Waals surface area contributed by atoms with Crippen molar-refractivity contribution in [3.05, 3.63) is 11.2 Å². The van der Waals surface area contributed by atoms with Gasteiger partial charge in [0.1, 0.15) is 0 Å². The van der Waals surface area contributed by atoms with E-state index in [4.69, 9.17) is 44.8 Å². The van der Waals surface area contributed by atoms with Crippen LogP contribution >= 0.6 is 44.8 Å². The Morgan fingerprint density at radius 3 is 1.57 bits per heavy atom. The van der Waals surface area contributed by atoms with E-state index in [1.165, 1.54) is 11.2 Å². The van der Waals surface area contributed by atoms with Crippen molar-refractivity contribution in [1.82, 2.24) is 0 Å². The summed E-state index contributed by atoms with van der Waals surface area (Å²) in [7, 11) is 0. The third-order valence-corrected chi connectivity index (χ3v) is 2.27. The Balaban J connectivity index is 3.56. The van der Waals surface area contributed by atoms with Gasteiger partial charge in [-0.1, -0.05) is 11.6 Å². The monoisotopic (exact) mass is 194 g/mol. The molecule has 0 spiro atoms. The van der Waals surface area contributed by atoms with Crippen molar-refractivity contribution >= 4 is 50.8 Å². The summed E-state index contributed by atoms with van der Waals surface area (Å²) in [5.74, 6) is 0. The first-order valence-electron chi connectivity index (χ1n) is 1.41. The van der Waals surface area contributed by atoms with E-state index in [0.29, 0.717) is 0 Å². The molecule has 0 nitrogen and oxygen atoms in total. The Bertz CT molecular complexity index is 72.2. The summed E-state index contributed by atoms with van der Waals surface area (Å²) < 4.78 is 0. The van der Waals surface area contributed by atoms with Gasteiger partial charge in [0.2, 0.25) is 0 Å². The van der Waals surface area contributed by atoms with Gasteiger partial charge in [-0.15, -0.1) is 33.2 Å². The highest BCUT2D eigenvalue weighted by molar-refractivity contribution is 7.66. The van der Waals surface area contributed by atoms with Gasteiger partial charge in [0.25, 0.3) is 0 Å². The van der Waals surface area contributed by atoms with Gasteiger partial charge in [-0.3, -0.25) is 0 Å². The number of hydrogen-bond acceptors (Lipinski definition) is 0. The fourth-order valence-electron chi connectivity index (χ4n) is 0.0714. The van der Waals surface area contributed by atoms with Gasteiger partial charge in [0, 0.05) is 0 Å². The van der Waals surface area contributed by atoms with Crippen LogP contribution in [0.1, 0.15) is 0 Å². The molecule has 0 bridgehead atoms. The highest BCUT2D eigenvalue weighted by Crippen LogP contribution is 2.20. The molecule has 0 saturated heterocycles. The highest BCUT2D eigenvalue weighted by Gasteiger charge is 2.19. The SMILES string of the molecule is ClC=C[Si](Cl)(Cl)Cl. The van der Waals surface area contributed by atoms with Crippen LogP contribution in [0.4, 0.5) is 0 Å². The second-order valence-electron chi connectivity index (χ2n) is 0.834. The molecule has 0 atom stereocenters. The second kappa shape index (κ2) is 3.20. The van der Waals surface area contributed by atoms with E-state index in [-0.39, 0.29) is 0 Å². The topological polar surface area (TPSA) is 0 Å². The van der Waals surface area contributed by atoms with Crippen molar-refractivity contribution in [2.45, 2.75) is 0 Å². The molecule has 0 aliphatic heterocycles. The van der Waals surface area contributed by atoms with Crippen molar-refractivity contribution in [2.24, 2.45) is 0 Å². The second-order valence-corrected chi connectivity index (χ2v) is 9.61. The highest BCUT2D eigenvalue weighted by atomic mass is 35.8. The number of halogens is 4. The van der Waals surface area contributed by atoms with Crippen LogP contribution in [0.15, 0.2) is 11.2 Å². The van der Waals surface area contributed by atoms with Gasteiger partial charge in [0.05, 0.1) is 0 Å². The summed E-state index contributed by atoms with van der Waals surface area (Å²) in [5.41, 5.74) is 2.61. The molecule has 0 saturated carbocycles. The van der Waals surface area contributed by atoms with Crippen molar-refractivity contribution in [1.29, 1.82) is 0 Å². The first-order chi connectivity index (χ1) is 3.06. The fraction of sp³-hybridized carbons (Fsp3) is 0. The Labute approximate surface area is 62.1 Å². The number of rotatable bonds is 1. The van der Waals surface area contributed by atoms with Crippen LogP contribution in [0.5, 0.6) is 0 Å². The predicted octanol–water partition coefficient (Wildman–Crippen LogP) is 2.93. The van der Waals surface area contributed by atoms with Crippen molar-refractivity contribution in [3.8, 4) is 0 Å². The third kappa shape index (κ3) is 7.12. The molecule has 0 aliphatic carbocycles. The summed E-state index contributed by atoms with van der Waals surface area (Å²) in [6.45, 7) is 0. The van der Waals surface area contributed by atoms with Crippen LogP contribution in [0.25, 0.3) is 0 Å². The Kier molecular flexibility index (Phi) is 3.71. The van der Waals surface area contributed by atoms with Gasteiger partial charge in [-0.25, -0.2) is 0 Å². The lowest BCUT2D eigenvalue weighted by Gasteiger charge is -1.94. The Hall–Kier alpha value is 1.12. The molecule has 5 heteroatoms. The van der Waals surface area contributed by atoms with E-state index in [9.17, 15) is 0 Å².